The van der Waals surface area contributed by atoms with Gasteiger partial charge in [-0.1, -0.05) is 0 Å². The Bertz CT molecular complexity index is 406. The summed E-state index contributed by atoms with van der Waals surface area (Å²) < 4.78 is 21.6. The summed E-state index contributed by atoms with van der Waals surface area (Å²) in [6.07, 6.45) is -0.382. The second-order valence-corrected chi connectivity index (χ2v) is 3.43. The Balaban J connectivity index is 3.17. The van der Waals surface area contributed by atoms with Crippen LogP contribution in [0.25, 0.3) is 0 Å². The standard InChI is InChI=1S/C4H5N3O4S/c5-12(10,11)3-1-2-7(6-3)4(8)9/h1-2H,(H,8,9)(H2,5,10,11). The minimum atomic E-state index is -3.91. The quantitative estimate of drug-likeness (QED) is 0.594. The predicted molar refractivity (Wildman–Crippen MR) is 37.0 cm³/mol. The molecule has 66 valence electrons. The third kappa shape index (κ3) is 1.60. The van der Waals surface area contributed by atoms with E-state index < -0.39 is 21.1 Å². The molecule has 1 aromatic rings. The van der Waals surface area contributed by atoms with Crippen LogP contribution in [-0.2, 0) is 10.0 Å². The number of nitrogens with zero attached hydrogens (tertiary/aromatic N) is 2. The van der Waals surface area contributed by atoms with Gasteiger partial charge in [0, 0.05) is 6.20 Å². The number of carbonyl (C=O) groups is 1. The fourth-order valence-electron chi connectivity index (χ4n) is 0.565. The number of hydrogen-bond acceptors (Lipinski definition) is 4. The summed E-state index contributed by atoms with van der Waals surface area (Å²) in [5.74, 6) is 0. The molecule has 3 N–H and O–H groups in total. The highest BCUT2D eigenvalue weighted by Gasteiger charge is 2.13. The normalized spacial score (nSPS) is 11.4. The molecule has 0 unspecified atom stereocenters. The monoisotopic (exact) mass is 191 g/mol. The Morgan fingerprint density at radius 2 is 2.25 bits per heavy atom. The zero-order valence-electron chi connectivity index (χ0n) is 5.71. The molecule has 1 aromatic heterocycles. The minimum absolute atomic E-state index is 0.458. The van der Waals surface area contributed by atoms with Gasteiger partial charge in [-0.3, -0.25) is 0 Å². The maximum atomic E-state index is 10.6. The first-order valence-corrected chi connectivity index (χ1v) is 4.27. The second kappa shape index (κ2) is 2.57. The van der Waals surface area contributed by atoms with Gasteiger partial charge in [-0.2, -0.15) is 4.68 Å². The average molecular weight is 191 g/mol. The van der Waals surface area contributed by atoms with Crippen molar-refractivity contribution in [2.75, 3.05) is 0 Å². The Kier molecular flexibility index (Phi) is 1.86. The van der Waals surface area contributed by atoms with Crippen LogP contribution in [0.4, 0.5) is 4.79 Å². The summed E-state index contributed by atoms with van der Waals surface area (Å²) in [5.41, 5.74) is 0. The van der Waals surface area contributed by atoms with Gasteiger partial charge >= 0.3 is 6.09 Å². The lowest BCUT2D eigenvalue weighted by Crippen LogP contribution is -2.15. The highest BCUT2D eigenvalue weighted by atomic mass is 32.2. The van der Waals surface area contributed by atoms with E-state index in [2.05, 4.69) is 10.2 Å². The van der Waals surface area contributed by atoms with Crippen LogP contribution < -0.4 is 5.14 Å². The van der Waals surface area contributed by atoms with Gasteiger partial charge in [-0.05, 0) is 6.07 Å². The molecule has 0 saturated carbocycles. The predicted octanol–water partition coefficient (Wildman–Crippen LogP) is -0.943. The second-order valence-electron chi connectivity index (χ2n) is 1.93. The largest absolute Gasteiger partial charge is 0.463 e. The molecule has 0 radical (unpaired) electrons. The summed E-state index contributed by atoms with van der Waals surface area (Å²) in [7, 11) is -3.91. The maximum Gasteiger partial charge on any atom is 0.432 e. The molecule has 7 nitrogen and oxygen atoms in total. The highest BCUT2D eigenvalue weighted by molar-refractivity contribution is 7.89. The van der Waals surface area contributed by atoms with Crippen molar-refractivity contribution in [3.05, 3.63) is 12.3 Å². The van der Waals surface area contributed by atoms with Gasteiger partial charge in [0.2, 0.25) is 0 Å². The van der Waals surface area contributed by atoms with Crippen LogP contribution in [-0.4, -0.2) is 29.4 Å². The van der Waals surface area contributed by atoms with E-state index in [-0.39, 0.29) is 0 Å². The van der Waals surface area contributed by atoms with Gasteiger partial charge in [0.15, 0.2) is 5.03 Å². The van der Waals surface area contributed by atoms with Gasteiger partial charge < -0.3 is 5.11 Å². The average Bonchev–Trinajstić information content (AvgIpc) is 2.30. The summed E-state index contributed by atoms with van der Waals surface area (Å²) >= 11 is 0. The van der Waals surface area contributed by atoms with Crippen molar-refractivity contribution >= 4 is 16.1 Å². The van der Waals surface area contributed by atoms with Crippen LogP contribution in [0, 0.1) is 0 Å². The molecule has 0 atom stereocenters. The third-order valence-electron chi connectivity index (χ3n) is 1.05. The molecule has 0 aliphatic heterocycles. The Hall–Kier alpha value is -1.41. The summed E-state index contributed by atoms with van der Waals surface area (Å²) in [4.78, 5) is 10.2. The Labute approximate surface area is 67.5 Å². The summed E-state index contributed by atoms with van der Waals surface area (Å²) in [6, 6.07) is 1.00. The first-order valence-electron chi connectivity index (χ1n) is 2.73. The van der Waals surface area contributed by atoms with Crippen LogP contribution in [0.3, 0.4) is 0 Å². The first kappa shape index (κ1) is 8.68. The molecular weight excluding hydrogens is 186 g/mol. The van der Waals surface area contributed by atoms with E-state index in [1.807, 2.05) is 0 Å². The van der Waals surface area contributed by atoms with Crippen molar-refractivity contribution in [1.82, 2.24) is 9.78 Å². The molecule has 1 heterocycles. The maximum absolute atomic E-state index is 10.6. The van der Waals surface area contributed by atoms with Crippen molar-refractivity contribution < 1.29 is 18.3 Å². The Morgan fingerprint density at radius 3 is 2.50 bits per heavy atom. The molecule has 1 rings (SSSR count). The molecule has 0 aromatic carbocycles. The van der Waals surface area contributed by atoms with Crippen LogP contribution in [0.15, 0.2) is 17.3 Å². The van der Waals surface area contributed by atoms with Crippen molar-refractivity contribution in [3.8, 4) is 0 Å². The number of hydrogen-bond donors (Lipinski definition) is 2. The molecule has 0 aliphatic rings. The Morgan fingerprint density at radius 1 is 1.67 bits per heavy atom. The van der Waals surface area contributed by atoms with E-state index in [0.717, 1.165) is 12.3 Å². The number of rotatable bonds is 1. The van der Waals surface area contributed by atoms with Crippen molar-refractivity contribution in [3.63, 3.8) is 0 Å². The molecule has 8 heteroatoms. The van der Waals surface area contributed by atoms with Gasteiger partial charge in [-0.15, -0.1) is 5.10 Å². The number of carboxylic acid groups (broad SMARTS) is 1. The van der Waals surface area contributed by atoms with E-state index in [1.54, 1.807) is 0 Å². The number of nitrogens with two attached hydrogens (primary N) is 1. The minimum Gasteiger partial charge on any atom is -0.463 e. The first-order chi connectivity index (χ1) is 5.41. The van der Waals surface area contributed by atoms with E-state index in [0.29, 0.717) is 4.68 Å². The van der Waals surface area contributed by atoms with Crippen LogP contribution in [0.2, 0.25) is 0 Å². The van der Waals surface area contributed by atoms with Gasteiger partial charge in [-0.25, -0.2) is 18.4 Å². The van der Waals surface area contributed by atoms with Crippen molar-refractivity contribution in [2.24, 2.45) is 5.14 Å². The zero-order valence-corrected chi connectivity index (χ0v) is 6.52. The molecule has 0 aliphatic carbocycles. The van der Waals surface area contributed by atoms with Gasteiger partial charge in [0.25, 0.3) is 10.0 Å². The molecular formula is C4H5N3O4S. The zero-order chi connectivity index (χ0) is 9.35. The lowest BCUT2D eigenvalue weighted by molar-refractivity contribution is 0.192. The summed E-state index contributed by atoms with van der Waals surface area (Å²) in [6.45, 7) is 0. The molecule has 0 amide bonds. The van der Waals surface area contributed by atoms with Crippen LogP contribution in [0.5, 0.6) is 0 Å². The lowest BCUT2D eigenvalue weighted by Gasteiger charge is -1.89. The number of aromatic nitrogens is 2. The van der Waals surface area contributed by atoms with E-state index >= 15 is 0 Å². The summed E-state index contributed by atoms with van der Waals surface area (Å²) in [5, 5.41) is 15.7. The topological polar surface area (TPSA) is 115 Å². The number of primary sulfonamides is 1. The third-order valence-corrected chi connectivity index (χ3v) is 1.85. The molecule has 0 saturated heterocycles. The van der Waals surface area contributed by atoms with Crippen LogP contribution >= 0.6 is 0 Å². The van der Waals surface area contributed by atoms with Gasteiger partial charge in [0.05, 0.1) is 0 Å². The fourth-order valence-corrected chi connectivity index (χ4v) is 1.02. The lowest BCUT2D eigenvalue weighted by atomic mass is 10.7. The molecule has 12 heavy (non-hydrogen) atoms. The van der Waals surface area contributed by atoms with Crippen molar-refractivity contribution in [1.29, 1.82) is 0 Å². The fraction of sp³-hybridized carbons (Fsp3) is 0. The highest BCUT2D eigenvalue weighted by Crippen LogP contribution is 2.00. The number of sulfonamides is 1. The molecule has 0 bridgehead atoms. The van der Waals surface area contributed by atoms with Crippen LogP contribution in [0.1, 0.15) is 0 Å². The molecule has 0 spiro atoms. The van der Waals surface area contributed by atoms with Crippen molar-refractivity contribution in [2.45, 2.75) is 5.03 Å². The van der Waals surface area contributed by atoms with E-state index in [1.165, 1.54) is 0 Å². The smallest absolute Gasteiger partial charge is 0.432 e. The van der Waals surface area contributed by atoms with E-state index in [4.69, 9.17) is 5.11 Å². The van der Waals surface area contributed by atoms with E-state index in [9.17, 15) is 13.2 Å². The SMILES string of the molecule is NS(=O)(=O)c1ccn(C(=O)O)n1. The molecule has 0 fully saturated rings. The van der Waals surface area contributed by atoms with Gasteiger partial charge in [0.1, 0.15) is 0 Å².